The van der Waals surface area contributed by atoms with Crippen LogP contribution < -0.4 is 14.2 Å². The summed E-state index contributed by atoms with van der Waals surface area (Å²) in [5.74, 6) is 1.31. The van der Waals surface area contributed by atoms with Crippen LogP contribution in [0.5, 0.6) is 23.0 Å². The molecule has 2 aromatic rings. The average Bonchev–Trinajstić information content (AvgIpc) is 3.02. The van der Waals surface area contributed by atoms with Crippen LogP contribution in [0.15, 0.2) is 48.5 Å². The number of carbonyl (C=O) groups is 3. The Hall–Kier alpha value is -3.58. The predicted molar refractivity (Wildman–Crippen MR) is 175 cm³/mol. The molecule has 0 saturated carbocycles. The van der Waals surface area contributed by atoms with Crippen LogP contribution in [0.4, 0.5) is 0 Å². The van der Waals surface area contributed by atoms with E-state index >= 15 is 0 Å². The molecule has 0 fully saturated rings. The van der Waals surface area contributed by atoms with Gasteiger partial charge in [0, 0.05) is 19.6 Å². The van der Waals surface area contributed by atoms with Crippen LogP contribution in [0.3, 0.4) is 0 Å². The molecule has 2 rings (SSSR count). The summed E-state index contributed by atoms with van der Waals surface area (Å²) in [6, 6.07) is 14.0. The molecule has 0 amide bonds. The van der Waals surface area contributed by atoms with Crippen LogP contribution >= 0.6 is 11.6 Å². The van der Waals surface area contributed by atoms with Gasteiger partial charge in [-0.15, -0.1) is 11.6 Å². The van der Waals surface area contributed by atoms with Gasteiger partial charge in [-0.1, -0.05) is 0 Å². The van der Waals surface area contributed by atoms with Gasteiger partial charge in [-0.25, -0.2) is 0 Å². The molecule has 0 N–H and O–H groups in total. The number of benzene rings is 2. The van der Waals surface area contributed by atoms with E-state index in [-0.39, 0.29) is 56.9 Å². The largest absolute Gasteiger partial charge is 0.490 e. The Morgan fingerprint density at radius 3 is 1.35 bits per heavy atom. The molecule has 0 radical (unpaired) electrons. The molecule has 0 heterocycles. The number of hydrogen-bond donors (Lipinski definition) is 0. The van der Waals surface area contributed by atoms with Crippen LogP contribution in [0.2, 0.25) is 0 Å². The molecule has 46 heavy (non-hydrogen) atoms. The summed E-state index contributed by atoms with van der Waals surface area (Å²) >= 11 is 5.95. The summed E-state index contributed by atoms with van der Waals surface area (Å²) in [6.45, 7) is 1.73. The Balaban J connectivity index is 1.86. The molecule has 12 nitrogen and oxygen atoms in total. The minimum atomic E-state index is -0.760. The summed E-state index contributed by atoms with van der Waals surface area (Å²) < 4.78 is 33.8. The molecule has 0 saturated heterocycles. The van der Waals surface area contributed by atoms with Gasteiger partial charge in [0.1, 0.15) is 48.9 Å². The maximum absolute atomic E-state index is 12.3. The fourth-order valence-electron chi connectivity index (χ4n) is 3.64. The fourth-order valence-corrected chi connectivity index (χ4v) is 3.79. The predicted octanol–water partition coefficient (Wildman–Crippen LogP) is 3.70. The van der Waals surface area contributed by atoms with Crippen molar-refractivity contribution in [1.29, 1.82) is 0 Å². The van der Waals surface area contributed by atoms with Crippen molar-refractivity contribution in [3.05, 3.63) is 48.5 Å². The van der Waals surface area contributed by atoms with Crippen molar-refractivity contribution >= 4 is 29.5 Å². The topological polar surface area (TPSA) is 116 Å². The Morgan fingerprint density at radius 2 is 0.935 bits per heavy atom. The molecule has 0 aromatic heterocycles. The van der Waals surface area contributed by atoms with Gasteiger partial charge in [0.25, 0.3) is 0 Å². The van der Waals surface area contributed by atoms with E-state index in [1.807, 2.05) is 57.0 Å². The molecule has 13 heteroatoms. The third kappa shape index (κ3) is 17.2. The van der Waals surface area contributed by atoms with Crippen molar-refractivity contribution in [2.75, 3.05) is 87.6 Å². The second-order valence-electron chi connectivity index (χ2n) is 11.4. The Labute approximate surface area is 277 Å². The van der Waals surface area contributed by atoms with Crippen LogP contribution in [-0.4, -0.2) is 132 Å². The Morgan fingerprint density at radius 1 is 0.565 bits per heavy atom. The standard InChI is InChI=1S/C33H48ClN3O9/c1-35(2)18-15-31(38)43-24-30(46-33(40)17-20-37(5)6)23-42-26-9-13-28(14-10-26)44-27-11-7-25(8-12-27)41-22-29(21-34)45-32(39)16-19-36(3)4/h7-14,29-30H,15-24H2,1-6H3. The minimum Gasteiger partial charge on any atom is -0.490 e. The van der Waals surface area contributed by atoms with Crippen molar-refractivity contribution in [3.8, 4) is 23.0 Å². The Kier molecular flexibility index (Phi) is 17.8. The summed E-state index contributed by atoms with van der Waals surface area (Å²) in [5, 5.41) is 0. The van der Waals surface area contributed by atoms with Gasteiger partial charge in [-0.2, -0.15) is 0 Å². The molecular formula is C33H48ClN3O9. The zero-order chi connectivity index (χ0) is 33.9. The summed E-state index contributed by atoms with van der Waals surface area (Å²) in [6.07, 6.45) is -0.597. The van der Waals surface area contributed by atoms with E-state index in [0.717, 1.165) is 0 Å². The van der Waals surface area contributed by atoms with Crippen LogP contribution in [0, 0.1) is 0 Å². The quantitative estimate of drug-likeness (QED) is 0.104. The molecule has 2 unspecified atom stereocenters. The number of esters is 3. The maximum atomic E-state index is 12.3. The lowest BCUT2D eigenvalue weighted by Crippen LogP contribution is -2.32. The van der Waals surface area contributed by atoms with Gasteiger partial charge in [-0.05, 0) is 90.8 Å². The van der Waals surface area contributed by atoms with Crippen molar-refractivity contribution in [2.24, 2.45) is 0 Å². The van der Waals surface area contributed by atoms with Crippen LogP contribution in [0.1, 0.15) is 19.3 Å². The van der Waals surface area contributed by atoms with Gasteiger partial charge in [-0.3, -0.25) is 14.4 Å². The highest BCUT2D eigenvalue weighted by Crippen LogP contribution is 2.26. The molecular weight excluding hydrogens is 618 g/mol. The number of nitrogens with zero attached hydrogens (tertiary/aromatic N) is 3. The van der Waals surface area contributed by atoms with E-state index in [1.165, 1.54) is 0 Å². The Bertz CT molecular complexity index is 1180. The molecule has 0 aliphatic carbocycles. The van der Waals surface area contributed by atoms with Gasteiger partial charge in [0.2, 0.25) is 0 Å². The van der Waals surface area contributed by atoms with Gasteiger partial charge in [0.05, 0.1) is 25.1 Å². The lowest BCUT2D eigenvalue weighted by atomic mass is 10.3. The molecule has 256 valence electrons. The second-order valence-corrected chi connectivity index (χ2v) is 11.7. The second kappa shape index (κ2) is 21.3. The molecule has 2 aromatic carbocycles. The third-order valence-corrected chi connectivity index (χ3v) is 6.59. The zero-order valence-corrected chi connectivity index (χ0v) is 28.5. The lowest BCUT2D eigenvalue weighted by Gasteiger charge is -2.19. The van der Waals surface area contributed by atoms with E-state index in [1.54, 1.807) is 48.5 Å². The first-order chi connectivity index (χ1) is 21.9. The molecule has 0 aliphatic heterocycles. The van der Waals surface area contributed by atoms with Crippen molar-refractivity contribution in [1.82, 2.24) is 14.7 Å². The molecule has 0 aliphatic rings. The third-order valence-electron chi connectivity index (χ3n) is 6.24. The first-order valence-corrected chi connectivity index (χ1v) is 15.6. The number of ether oxygens (including phenoxy) is 6. The summed E-state index contributed by atoms with van der Waals surface area (Å²) in [5.41, 5.74) is 0. The van der Waals surface area contributed by atoms with Crippen molar-refractivity contribution in [3.63, 3.8) is 0 Å². The number of hydrogen-bond acceptors (Lipinski definition) is 12. The van der Waals surface area contributed by atoms with Crippen LogP contribution in [-0.2, 0) is 28.6 Å². The fraction of sp³-hybridized carbons (Fsp3) is 0.545. The van der Waals surface area contributed by atoms with Crippen LogP contribution in [0.25, 0.3) is 0 Å². The zero-order valence-electron chi connectivity index (χ0n) is 27.7. The number of rotatable bonds is 22. The molecule has 2 atom stereocenters. The van der Waals surface area contributed by atoms with E-state index in [2.05, 4.69) is 0 Å². The van der Waals surface area contributed by atoms with Gasteiger partial charge >= 0.3 is 17.9 Å². The smallest absolute Gasteiger partial charge is 0.307 e. The summed E-state index contributed by atoms with van der Waals surface area (Å²) in [4.78, 5) is 42.1. The van der Waals surface area contributed by atoms with Crippen molar-refractivity contribution in [2.45, 2.75) is 31.5 Å². The number of carbonyl (C=O) groups excluding carboxylic acids is 3. The normalized spacial score (nSPS) is 12.5. The molecule has 0 bridgehead atoms. The maximum Gasteiger partial charge on any atom is 0.307 e. The van der Waals surface area contributed by atoms with E-state index in [0.29, 0.717) is 42.6 Å². The first-order valence-electron chi connectivity index (χ1n) is 15.1. The highest BCUT2D eigenvalue weighted by Gasteiger charge is 2.19. The average molecular weight is 666 g/mol. The molecule has 0 spiro atoms. The number of halogens is 1. The number of alkyl halides is 1. The highest BCUT2D eigenvalue weighted by molar-refractivity contribution is 6.18. The van der Waals surface area contributed by atoms with E-state index in [9.17, 15) is 14.4 Å². The summed E-state index contributed by atoms with van der Waals surface area (Å²) in [7, 11) is 11.2. The minimum absolute atomic E-state index is 0.0101. The van der Waals surface area contributed by atoms with Crippen molar-refractivity contribution < 1.29 is 42.8 Å². The van der Waals surface area contributed by atoms with E-state index < -0.39 is 18.2 Å². The van der Waals surface area contributed by atoms with E-state index in [4.69, 9.17) is 40.0 Å². The first kappa shape index (κ1) is 38.6. The SMILES string of the molecule is CN(C)CCC(=O)OCC(COc1ccc(Oc2ccc(OCC(CCl)OC(=O)CCN(C)C)cc2)cc1)OC(=O)CCN(C)C. The highest BCUT2D eigenvalue weighted by atomic mass is 35.5. The monoisotopic (exact) mass is 665 g/mol. The van der Waals surface area contributed by atoms with Gasteiger partial charge < -0.3 is 43.1 Å². The lowest BCUT2D eigenvalue weighted by molar-refractivity contribution is -0.161. The van der Waals surface area contributed by atoms with Gasteiger partial charge in [0.15, 0.2) is 6.10 Å².